The van der Waals surface area contributed by atoms with Crippen LogP contribution in [0.2, 0.25) is 5.02 Å². The molecule has 0 atom stereocenters. The van der Waals surface area contributed by atoms with Crippen molar-refractivity contribution in [2.24, 2.45) is 0 Å². The summed E-state index contributed by atoms with van der Waals surface area (Å²) in [5, 5.41) is 24.5. The van der Waals surface area contributed by atoms with E-state index in [4.69, 9.17) is 23.1 Å². The van der Waals surface area contributed by atoms with E-state index in [2.05, 4.69) is 34.1 Å². The molecular formula is C22H33ClN8O4. The number of piperazine rings is 2. The number of nitro benzene ring substituents is 2. The molecule has 0 bridgehead atoms. The quantitative estimate of drug-likeness (QED) is 0.318. The molecule has 2 aliphatic heterocycles. The standard InChI is InChI=1S/C11H16N4O2.C6H5ClN2O2.C5H12N2/c1-13-4-6-14(7-5-13)9-2-3-11(15(16)17)10(12)8-9;7-4-1-2-6(9(10)11)5(8)3-4;1-7-4-2-6-3-5-7/h2-3,8H,4-7,12H2,1H3;1-3H,8H2;6H,2-5H2,1H3. The van der Waals surface area contributed by atoms with Gasteiger partial charge in [0.1, 0.15) is 11.4 Å². The van der Waals surface area contributed by atoms with E-state index in [0.717, 1.165) is 45.0 Å². The van der Waals surface area contributed by atoms with Crippen molar-refractivity contribution in [3.8, 4) is 0 Å². The van der Waals surface area contributed by atoms with E-state index in [1.807, 2.05) is 0 Å². The predicted molar refractivity (Wildman–Crippen MR) is 140 cm³/mol. The molecule has 0 amide bonds. The molecule has 0 aliphatic carbocycles. The fraction of sp³-hybridized carbons (Fsp3) is 0.455. The molecule has 0 aromatic heterocycles. The number of rotatable bonds is 3. The van der Waals surface area contributed by atoms with Crippen LogP contribution in [-0.2, 0) is 0 Å². The lowest BCUT2D eigenvalue weighted by Crippen LogP contribution is -2.44. The second kappa shape index (κ2) is 13.6. The first kappa shape index (κ1) is 28.1. The fourth-order valence-corrected chi connectivity index (χ4v) is 3.62. The van der Waals surface area contributed by atoms with Crippen LogP contribution in [0.5, 0.6) is 0 Å². The van der Waals surface area contributed by atoms with Crippen molar-refractivity contribution < 1.29 is 9.85 Å². The highest BCUT2D eigenvalue weighted by molar-refractivity contribution is 6.30. The Kier molecular flexibility index (Phi) is 10.9. The first-order chi connectivity index (χ1) is 16.6. The maximum absolute atomic E-state index is 10.7. The van der Waals surface area contributed by atoms with Gasteiger partial charge in [-0.05, 0) is 38.4 Å². The molecule has 2 aromatic rings. The molecule has 4 rings (SSSR count). The highest BCUT2D eigenvalue weighted by Gasteiger charge is 2.17. The largest absolute Gasteiger partial charge is 0.393 e. The zero-order valence-corrected chi connectivity index (χ0v) is 20.8. The number of hydrogen-bond acceptors (Lipinski definition) is 10. The third kappa shape index (κ3) is 9.17. The van der Waals surface area contributed by atoms with Crippen LogP contribution in [0.4, 0.5) is 28.4 Å². The molecule has 2 heterocycles. The van der Waals surface area contributed by atoms with Gasteiger partial charge in [-0.2, -0.15) is 0 Å². The molecule has 0 saturated carbocycles. The van der Waals surface area contributed by atoms with Gasteiger partial charge in [0.05, 0.1) is 9.85 Å². The number of benzene rings is 2. The number of nitro groups is 2. The molecule has 2 aliphatic rings. The van der Waals surface area contributed by atoms with Gasteiger partial charge in [-0.25, -0.2) is 0 Å². The third-order valence-electron chi connectivity index (χ3n) is 5.60. The molecule has 2 saturated heterocycles. The van der Waals surface area contributed by atoms with Crippen LogP contribution < -0.4 is 21.7 Å². The summed E-state index contributed by atoms with van der Waals surface area (Å²) in [6.07, 6.45) is 0. The monoisotopic (exact) mass is 508 g/mol. The normalized spacial score (nSPS) is 16.4. The first-order valence-electron chi connectivity index (χ1n) is 11.1. The number of likely N-dealkylation sites (N-methyl/N-ethyl adjacent to an activating group) is 2. The maximum Gasteiger partial charge on any atom is 0.292 e. The zero-order chi connectivity index (χ0) is 26.0. The Balaban J connectivity index is 0.000000205. The van der Waals surface area contributed by atoms with Crippen molar-refractivity contribution in [2.75, 3.05) is 82.8 Å². The molecule has 0 spiro atoms. The average molecular weight is 509 g/mol. The van der Waals surface area contributed by atoms with E-state index in [-0.39, 0.29) is 22.7 Å². The van der Waals surface area contributed by atoms with E-state index < -0.39 is 9.85 Å². The van der Waals surface area contributed by atoms with Crippen molar-refractivity contribution in [1.29, 1.82) is 0 Å². The maximum atomic E-state index is 10.7. The second-order valence-corrected chi connectivity index (χ2v) is 8.74. The number of nitrogens with one attached hydrogen (secondary N) is 1. The summed E-state index contributed by atoms with van der Waals surface area (Å²) in [6, 6.07) is 8.97. The minimum atomic E-state index is -0.550. The van der Waals surface area contributed by atoms with E-state index >= 15 is 0 Å². The van der Waals surface area contributed by atoms with Crippen LogP contribution in [0.3, 0.4) is 0 Å². The van der Waals surface area contributed by atoms with Gasteiger partial charge in [-0.3, -0.25) is 20.2 Å². The molecule has 192 valence electrons. The van der Waals surface area contributed by atoms with Gasteiger partial charge in [0.25, 0.3) is 11.4 Å². The van der Waals surface area contributed by atoms with Crippen molar-refractivity contribution in [2.45, 2.75) is 0 Å². The smallest absolute Gasteiger partial charge is 0.292 e. The lowest BCUT2D eigenvalue weighted by atomic mass is 10.2. The highest BCUT2D eigenvalue weighted by atomic mass is 35.5. The van der Waals surface area contributed by atoms with E-state index in [9.17, 15) is 20.2 Å². The molecule has 13 heteroatoms. The predicted octanol–water partition coefficient (Wildman–Crippen LogP) is 2.28. The van der Waals surface area contributed by atoms with Gasteiger partial charge in [0.15, 0.2) is 0 Å². The van der Waals surface area contributed by atoms with Gasteiger partial charge >= 0.3 is 0 Å². The SMILES string of the molecule is CN1CCN(c2ccc([N+](=O)[O-])c(N)c2)CC1.CN1CCNCC1.Nc1cc(Cl)ccc1[N+](=O)[O-]. The Labute approximate surface area is 209 Å². The Morgan fingerprint density at radius 2 is 1.29 bits per heavy atom. The summed E-state index contributed by atoms with van der Waals surface area (Å²) in [5.74, 6) is 0. The van der Waals surface area contributed by atoms with Crippen LogP contribution in [0.15, 0.2) is 36.4 Å². The van der Waals surface area contributed by atoms with Gasteiger partial charge < -0.3 is 31.5 Å². The summed E-state index contributed by atoms with van der Waals surface area (Å²) in [5.41, 5.74) is 12.1. The van der Waals surface area contributed by atoms with E-state index in [1.165, 1.54) is 37.4 Å². The van der Waals surface area contributed by atoms with Crippen LogP contribution in [0, 0.1) is 20.2 Å². The van der Waals surface area contributed by atoms with Gasteiger partial charge in [0.2, 0.25) is 0 Å². The van der Waals surface area contributed by atoms with Crippen molar-refractivity contribution in [3.05, 3.63) is 61.6 Å². The van der Waals surface area contributed by atoms with Crippen LogP contribution >= 0.6 is 11.6 Å². The number of anilines is 3. The van der Waals surface area contributed by atoms with Gasteiger partial charge in [-0.15, -0.1) is 0 Å². The van der Waals surface area contributed by atoms with Crippen LogP contribution in [0.25, 0.3) is 0 Å². The molecular weight excluding hydrogens is 476 g/mol. The Bertz CT molecular complexity index is 995. The summed E-state index contributed by atoms with van der Waals surface area (Å²) >= 11 is 5.52. The third-order valence-corrected chi connectivity index (χ3v) is 5.84. The topological polar surface area (TPSA) is 160 Å². The lowest BCUT2D eigenvalue weighted by Gasteiger charge is -2.34. The van der Waals surface area contributed by atoms with Crippen molar-refractivity contribution in [1.82, 2.24) is 15.1 Å². The van der Waals surface area contributed by atoms with Crippen molar-refractivity contribution >= 4 is 40.0 Å². The Hall–Kier alpha value is -3.19. The van der Waals surface area contributed by atoms with Crippen molar-refractivity contribution in [3.63, 3.8) is 0 Å². The Morgan fingerprint density at radius 3 is 1.71 bits per heavy atom. The fourth-order valence-electron chi connectivity index (χ4n) is 3.44. The minimum Gasteiger partial charge on any atom is -0.393 e. The molecule has 2 fully saturated rings. The number of halogens is 1. The molecule has 2 aromatic carbocycles. The molecule has 0 radical (unpaired) electrons. The summed E-state index contributed by atoms with van der Waals surface area (Å²) in [7, 11) is 4.24. The van der Waals surface area contributed by atoms with Gasteiger partial charge in [-0.1, -0.05) is 11.6 Å². The summed E-state index contributed by atoms with van der Waals surface area (Å²) in [6.45, 7) is 8.59. The minimum absolute atomic E-state index is 0.0251. The Morgan fingerprint density at radius 1 is 0.800 bits per heavy atom. The number of nitrogens with zero attached hydrogens (tertiary/aromatic N) is 5. The average Bonchev–Trinajstić information content (AvgIpc) is 2.80. The summed E-state index contributed by atoms with van der Waals surface area (Å²) < 4.78 is 0. The van der Waals surface area contributed by atoms with Gasteiger partial charge in [0, 0.05) is 75.2 Å². The zero-order valence-electron chi connectivity index (χ0n) is 20.0. The lowest BCUT2D eigenvalue weighted by molar-refractivity contribution is -0.384. The molecule has 5 N–H and O–H groups in total. The highest BCUT2D eigenvalue weighted by Crippen LogP contribution is 2.27. The molecule has 35 heavy (non-hydrogen) atoms. The summed E-state index contributed by atoms with van der Waals surface area (Å²) in [4.78, 5) is 26.6. The number of hydrogen-bond donors (Lipinski definition) is 3. The first-order valence-corrected chi connectivity index (χ1v) is 11.5. The van der Waals surface area contributed by atoms with E-state index in [1.54, 1.807) is 12.1 Å². The van der Waals surface area contributed by atoms with E-state index in [0.29, 0.717) is 5.02 Å². The van der Waals surface area contributed by atoms with Crippen LogP contribution in [-0.4, -0.2) is 86.1 Å². The number of nitrogens with two attached hydrogens (primary N) is 2. The number of nitrogen functional groups attached to an aromatic ring is 2. The molecule has 0 unspecified atom stereocenters. The van der Waals surface area contributed by atoms with Crippen LogP contribution in [0.1, 0.15) is 0 Å². The molecule has 12 nitrogen and oxygen atoms in total. The second-order valence-electron chi connectivity index (χ2n) is 8.30.